The monoisotopic (exact) mass is 215 g/mol. The van der Waals surface area contributed by atoms with Gasteiger partial charge in [-0.2, -0.15) is 0 Å². The Morgan fingerprint density at radius 3 is 3.00 bits per heavy atom. The van der Waals surface area contributed by atoms with E-state index in [4.69, 9.17) is 5.11 Å². The van der Waals surface area contributed by atoms with Crippen LogP contribution in [0.2, 0.25) is 0 Å². The van der Waals surface area contributed by atoms with E-state index in [2.05, 4.69) is 4.98 Å². The molecular weight excluding hydrogens is 205 g/mol. The number of carboxylic acids is 1. The van der Waals surface area contributed by atoms with Crippen molar-refractivity contribution in [1.29, 1.82) is 0 Å². The number of rotatable bonds is 4. The van der Waals surface area contributed by atoms with Crippen molar-refractivity contribution in [2.45, 2.75) is 18.4 Å². The predicted molar refractivity (Wildman–Crippen MR) is 52.2 cm³/mol. The highest BCUT2D eigenvalue weighted by atomic mass is 32.2. The average molecular weight is 215 g/mol. The van der Waals surface area contributed by atoms with Gasteiger partial charge in [-0.05, 0) is 18.2 Å². The Morgan fingerprint density at radius 1 is 1.71 bits per heavy atom. The van der Waals surface area contributed by atoms with Crippen LogP contribution in [-0.2, 0) is 0 Å². The summed E-state index contributed by atoms with van der Waals surface area (Å²) in [6.07, 6.45) is 2.20. The summed E-state index contributed by atoms with van der Waals surface area (Å²) in [5.41, 5.74) is -0.321. The van der Waals surface area contributed by atoms with E-state index in [1.165, 1.54) is 18.0 Å². The van der Waals surface area contributed by atoms with Crippen LogP contribution in [0, 0.1) is 5.82 Å². The SMILES string of the molecule is CCCSc1nccc(C(=O)O)c1F. The first-order valence-electron chi connectivity index (χ1n) is 4.17. The molecule has 0 radical (unpaired) electrons. The number of carboxylic acid groups (broad SMARTS) is 1. The fourth-order valence-electron chi connectivity index (χ4n) is 0.889. The smallest absolute Gasteiger partial charge is 0.338 e. The highest BCUT2D eigenvalue weighted by Crippen LogP contribution is 2.21. The van der Waals surface area contributed by atoms with Crippen LogP contribution in [0.5, 0.6) is 0 Å². The summed E-state index contributed by atoms with van der Waals surface area (Å²) in [7, 11) is 0. The lowest BCUT2D eigenvalue weighted by Crippen LogP contribution is -2.02. The molecule has 0 saturated carbocycles. The lowest BCUT2D eigenvalue weighted by Gasteiger charge is -2.02. The number of aromatic carboxylic acids is 1. The van der Waals surface area contributed by atoms with Gasteiger partial charge in [-0.1, -0.05) is 6.92 Å². The summed E-state index contributed by atoms with van der Waals surface area (Å²) >= 11 is 1.23. The fraction of sp³-hybridized carbons (Fsp3) is 0.333. The topological polar surface area (TPSA) is 50.2 Å². The molecule has 0 aliphatic carbocycles. The number of hydrogen-bond acceptors (Lipinski definition) is 3. The molecule has 0 bridgehead atoms. The molecule has 1 N–H and O–H groups in total. The van der Waals surface area contributed by atoms with Crippen LogP contribution >= 0.6 is 11.8 Å². The molecule has 0 unspecified atom stereocenters. The Morgan fingerprint density at radius 2 is 2.43 bits per heavy atom. The molecule has 0 fully saturated rings. The minimum Gasteiger partial charge on any atom is -0.478 e. The summed E-state index contributed by atoms with van der Waals surface area (Å²) in [5.74, 6) is -1.27. The van der Waals surface area contributed by atoms with Gasteiger partial charge in [0.1, 0.15) is 5.03 Å². The number of hydrogen-bond donors (Lipinski definition) is 1. The van der Waals surface area contributed by atoms with Crippen LogP contribution in [-0.4, -0.2) is 21.8 Å². The third-order valence-corrected chi connectivity index (χ3v) is 2.70. The molecule has 1 rings (SSSR count). The molecule has 0 saturated heterocycles. The van der Waals surface area contributed by atoms with Gasteiger partial charge in [0.15, 0.2) is 5.82 Å². The number of carbonyl (C=O) groups is 1. The molecule has 0 aromatic carbocycles. The Balaban J connectivity index is 2.95. The molecule has 3 nitrogen and oxygen atoms in total. The second kappa shape index (κ2) is 4.95. The van der Waals surface area contributed by atoms with Crippen LogP contribution in [0.3, 0.4) is 0 Å². The van der Waals surface area contributed by atoms with Crippen molar-refractivity contribution < 1.29 is 14.3 Å². The van der Waals surface area contributed by atoms with Gasteiger partial charge in [-0.15, -0.1) is 11.8 Å². The number of halogens is 1. The van der Waals surface area contributed by atoms with Crippen molar-refractivity contribution >= 4 is 17.7 Å². The van der Waals surface area contributed by atoms with E-state index < -0.39 is 11.8 Å². The van der Waals surface area contributed by atoms with E-state index in [1.54, 1.807) is 0 Å². The molecule has 0 spiro atoms. The van der Waals surface area contributed by atoms with Crippen LogP contribution in [0.1, 0.15) is 23.7 Å². The molecule has 1 aromatic rings. The zero-order chi connectivity index (χ0) is 10.6. The van der Waals surface area contributed by atoms with Crippen LogP contribution in [0.4, 0.5) is 4.39 Å². The summed E-state index contributed by atoms with van der Waals surface area (Å²) in [6.45, 7) is 1.96. The van der Waals surface area contributed by atoms with Gasteiger partial charge in [-0.3, -0.25) is 0 Å². The highest BCUT2D eigenvalue weighted by Gasteiger charge is 2.14. The van der Waals surface area contributed by atoms with Crippen LogP contribution in [0.15, 0.2) is 17.3 Å². The molecule has 5 heteroatoms. The first-order valence-corrected chi connectivity index (χ1v) is 5.16. The quantitative estimate of drug-likeness (QED) is 0.783. The largest absolute Gasteiger partial charge is 0.478 e. The second-order valence-corrected chi connectivity index (χ2v) is 3.71. The van der Waals surface area contributed by atoms with E-state index in [9.17, 15) is 9.18 Å². The van der Waals surface area contributed by atoms with Gasteiger partial charge in [-0.25, -0.2) is 14.2 Å². The van der Waals surface area contributed by atoms with Crippen molar-refractivity contribution in [3.63, 3.8) is 0 Å². The molecule has 1 heterocycles. The zero-order valence-corrected chi connectivity index (χ0v) is 8.47. The Bertz CT molecular complexity index is 344. The first-order chi connectivity index (χ1) is 6.66. The number of thioether (sulfide) groups is 1. The number of aromatic nitrogens is 1. The molecular formula is C9H10FNO2S. The summed E-state index contributed by atoms with van der Waals surface area (Å²) < 4.78 is 13.4. The lowest BCUT2D eigenvalue weighted by atomic mass is 10.3. The fourth-order valence-corrected chi connectivity index (χ4v) is 1.66. The van der Waals surface area contributed by atoms with Gasteiger partial charge < -0.3 is 5.11 Å². The summed E-state index contributed by atoms with van der Waals surface area (Å²) in [5, 5.41) is 8.80. The van der Waals surface area contributed by atoms with Crippen LogP contribution in [0.25, 0.3) is 0 Å². The lowest BCUT2D eigenvalue weighted by molar-refractivity contribution is 0.0691. The molecule has 14 heavy (non-hydrogen) atoms. The van der Waals surface area contributed by atoms with Gasteiger partial charge in [0.2, 0.25) is 0 Å². The third kappa shape index (κ3) is 2.45. The molecule has 0 aliphatic heterocycles. The minimum absolute atomic E-state index is 0.159. The standard InChI is InChI=1S/C9H10FNO2S/c1-2-5-14-8-7(10)6(9(12)13)3-4-11-8/h3-4H,2,5H2,1H3,(H,12,13). The molecule has 76 valence electrons. The Hall–Kier alpha value is -1.10. The van der Waals surface area contributed by atoms with Gasteiger partial charge in [0, 0.05) is 6.20 Å². The number of nitrogens with zero attached hydrogens (tertiary/aromatic N) is 1. The van der Waals surface area contributed by atoms with Crippen LogP contribution < -0.4 is 0 Å². The summed E-state index contributed by atoms with van der Waals surface area (Å²) in [6, 6.07) is 1.16. The minimum atomic E-state index is -1.26. The van der Waals surface area contributed by atoms with E-state index in [0.29, 0.717) is 0 Å². The van der Waals surface area contributed by atoms with E-state index in [-0.39, 0.29) is 10.6 Å². The molecule has 0 amide bonds. The number of pyridine rings is 1. The Labute approximate surface area is 85.4 Å². The third-order valence-electron chi connectivity index (χ3n) is 1.53. The summed E-state index contributed by atoms with van der Waals surface area (Å²) in [4.78, 5) is 14.4. The van der Waals surface area contributed by atoms with E-state index in [1.807, 2.05) is 6.92 Å². The van der Waals surface area contributed by atoms with Crippen molar-refractivity contribution in [3.8, 4) is 0 Å². The van der Waals surface area contributed by atoms with Crippen molar-refractivity contribution in [2.24, 2.45) is 0 Å². The zero-order valence-electron chi connectivity index (χ0n) is 7.66. The van der Waals surface area contributed by atoms with Crippen molar-refractivity contribution in [2.75, 3.05) is 5.75 Å². The maximum atomic E-state index is 13.4. The van der Waals surface area contributed by atoms with Gasteiger partial charge in [0.25, 0.3) is 0 Å². The first kappa shape index (κ1) is 11.0. The normalized spacial score (nSPS) is 10.1. The molecule has 0 atom stereocenters. The van der Waals surface area contributed by atoms with Crippen molar-refractivity contribution in [3.05, 3.63) is 23.6 Å². The van der Waals surface area contributed by atoms with Gasteiger partial charge in [0.05, 0.1) is 5.56 Å². The van der Waals surface area contributed by atoms with Crippen molar-refractivity contribution in [1.82, 2.24) is 4.98 Å². The predicted octanol–water partition coefficient (Wildman–Crippen LogP) is 2.42. The van der Waals surface area contributed by atoms with E-state index >= 15 is 0 Å². The maximum Gasteiger partial charge on any atom is 0.338 e. The van der Waals surface area contributed by atoms with Gasteiger partial charge >= 0.3 is 5.97 Å². The second-order valence-electron chi connectivity index (χ2n) is 2.63. The average Bonchev–Trinajstić information content (AvgIpc) is 2.16. The molecule has 0 aliphatic rings. The molecule has 1 aromatic heterocycles. The maximum absolute atomic E-state index is 13.4. The Kier molecular flexibility index (Phi) is 3.88. The highest BCUT2D eigenvalue weighted by molar-refractivity contribution is 7.99. The van der Waals surface area contributed by atoms with E-state index in [0.717, 1.165) is 18.2 Å².